The number of rotatable bonds is 1. The lowest BCUT2D eigenvalue weighted by Gasteiger charge is -2.50. The number of halogens is 3. The van der Waals surface area contributed by atoms with E-state index in [-0.39, 0.29) is 30.5 Å². The number of allylic oxidation sites excluding steroid dienone is 5. The molecular formula is C20H23F3O2. The highest BCUT2D eigenvalue weighted by Crippen LogP contribution is 2.65. The Morgan fingerprint density at radius 2 is 2.00 bits per heavy atom. The highest BCUT2D eigenvalue weighted by Gasteiger charge is 2.71. The van der Waals surface area contributed by atoms with Crippen LogP contribution in [0.3, 0.4) is 0 Å². The molecule has 2 nitrogen and oxygen atoms in total. The van der Waals surface area contributed by atoms with Crippen molar-refractivity contribution >= 4 is 5.78 Å². The summed E-state index contributed by atoms with van der Waals surface area (Å²) in [5, 5.41) is 10.7. The zero-order valence-corrected chi connectivity index (χ0v) is 14.3. The van der Waals surface area contributed by atoms with E-state index in [1.54, 1.807) is 19.1 Å². The Hall–Kier alpha value is -1.36. The predicted octanol–water partition coefficient (Wildman–Crippen LogP) is 4.65. The van der Waals surface area contributed by atoms with Gasteiger partial charge in [-0.15, -0.1) is 0 Å². The summed E-state index contributed by atoms with van der Waals surface area (Å²) in [5.41, 5.74) is -0.513. The summed E-state index contributed by atoms with van der Waals surface area (Å²) in [6, 6.07) is 0. The van der Waals surface area contributed by atoms with Gasteiger partial charge in [0.2, 0.25) is 0 Å². The molecule has 4 rings (SSSR count). The summed E-state index contributed by atoms with van der Waals surface area (Å²) < 4.78 is 41.2. The van der Waals surface area contributed by atoms with Crippen molar-refractivity contribution in [3.63, 3.8) is 0 Å². The summed E-state index contributed by atoms with van der Waals surface area (Å²) in [5.74, 6) is 0.0188. The molecule has 0 heterocycles. The fourth-order valence-electron chi connectivity index (χ4n) is 5.95. The fraction of sp³-hybridized carbons (Fsp3) is 0.650. The molecule has 5 heteroatoms. The number of fused-ring (bicyclic) bond motifs is 4. The Bertz CT molecular complexity index is 715. The standard InChI is InChI=1S/C20H23F3O2/c1-2-18-9-7-15-14-6-4-13(24)11-12(14)3-5-16(15)17(18)8-10-19(18,25)20(21,22)23/h7,9,11,16-17,25H,2-6,8,10H2,1H3/t16-,17+,18?,19+/m1/s1. The van der Waals surface area contributed by atoms with Crippen LogP contribution in [0.25, 0.3) is 0 Å². The van der Waals surface area contributed by atoms with E-state index >= 15 is 0 Å². The maximum atomic E-state index is 13.7. The highest BCUT2D eigenvalue weighted by atomic mass is 19.4. The molecule has 4 aliphatic rings. The first kappa shape index (κ1) is 17.1. The average molecular weight is 352 g/mol. The first-order valence-corrected chi connectivity index (χ1v) is 9.18. The Morgan fingerprint density at radius 1 is 1.24 bits per heavy atom. The van der Waals surface area contributed by atoms with Crippen molar-refractivity contribution < 1.29 is 23.1 Å². The maximum Gasteiger partial charge on any atom is 0.418 e. The van der Waals surface area contributed by atoms with E-state index in [1.165, 1.54) is 5.57 Å². The van der Waals surface area contributed by atoms with Crippen LogP contribution in [0.4, 0.5) is 13.2 Å². The molecule has 0 aliphatic heterocycles. The Morgan fingerprint density at radius 3 is 2.68 bits per heavy atom. The van der Waals surface area contributed by atoms with Gasteiger partial charge in [0.1, 0.15) is 0 Å². The lowest BCUT2D eigenvalue weighted by molar-refractivity contribution is -0.291. The van der Waals surface area contributed by atoms with E-state index < -0.39 is 17.2 Å². The van der Waals surface area contributed by atoms with Crippen LogP contribution in [0, 0.1) is 17.3 Å². The van der Waals surface area contributed by atoms with E-state index in [4.69, 9.17) is 0 Å². The monoisotopic (exact) mass is 352 g/mol. The van der Waals surface area contributed by atoms with Gasteiger partial charge in [0.25, 0.3) is 0 Å². The second kappa shape index (κ2) is 5.32. The topological polar surface area (TPSA) is 37.3 Å². The van der Waals surface area contributed by atoms with E-state index in [1.807, 2.05) is 6.08 Å². The lowest BCUT2D eigenvalue weighted by Crippen LogP contribution is -2.57. The molecule has 0 aromatic rings. The number of ketones is 1. The third-order valence-electron chi connectivity index (χ3n) is 7.17. The van der Waals surface area contributed by atoms with E-state index in [0.29, 0.717) is 19.3 Å². The van der Waals surface area contributed by atoms with Crippen molar-refractivity contribution in [2.45, 2.75) is 63.6 Å². The SMILES string of the molecule is CCC12C=CC3=C4CCC(=O)C=C4CC[C@H]3[C@@H]1CC[C@@]2(O)C(F)(F)F. The molecule has 1 N–H and O–H groups in total. The molecule has 25 heavy (non-hydrogen) atoms. The third-order valence-corrected chi connectivity index (χ3v) is 7.17. The summed E-state index contributed by atoms with van der Waals surface area (Å²) >= 11 is 0. The van der Waals surface area contributed by atoms with Crippen molar-refractivity contribution in [1.82, 2.24) is 0 Å². The number of hydrogen-bond donors (Lipinski definition) is 1. The molecule has 0 amide bonds. The van der Waals surface area contributed by atoms with Crippen LogP contribution in [-0.2, 0) is 4.79 Å². The molecule has 1 fully saturated rings. The second-order valence-corrected chi connectivity index (χ2v) is 7.95. The first-order chi connectivity index (χ1) is 11.7. The summed E-state index contributed by atoms with van der Waals surface area (Å²) in [7, 11) is 0. The molecule has 0 aromatic heterocycles. The predicted molar refractivity (Wildman–Crippen MR) is 87.7 cm³/mol. The van der Waals surface area contributed by atoms with Crippen LogP contribution in [0.15, 0.2) is 34.9 Å². The van der Waals surface area contributed by atoms with Gasteiger partial charge < -0.3 is 5.11 Å². The van der Waals surface area contributed by atoms with Gasteiger partial charge in [0, 0.05) is 11.8 Å². The molecule has 136 valence electrons. The maximum absolute atomic E-state index is 13.7. The largest absolute Gasteiger partial charge is 0.418 e. The minimum absolute atomic E-state index is 0.0571. The minimum Gasteiger partial charge on any atom is -0.380 e. The molecule has 4 atom stereocenters. The minimum atomic E-state index is -4.62. The van der Waals surface area contributed by atoms with Crippen LogP contribution >= 0.6 is 0 Å². The molecule has 0 spiro atoms. The van der Waals surface area contributed by atoms with Gasteiger partial charge in [-0.05, 0) is 73.2 Å². The normalized spacial score (nSPS) is 40.5. The average Bonchev–Trinajstić information content (AvgIpc) is 2.89. The van der Waals surface area contributed by atoms with Crippen molar-refractivity contribution in [2.24, 2.45) is 17.3 Å². The molecule has 4 aliphatic carbocycles. The van der Waals surface area contributed by atoms with E-state index in [2.05, 4.69) is 0 Å². The van der Waals surface area contributed by atoms with Crippen LogP contribution in [0.2, 0.25) is 0 Å². The number of carbonyl (C=O) groups excluding carboxylic acids is 1. The molecule has 0 bridgehead atoms. The van der Waals surface area contributed by atoms with E-state index in [0.717, 1.165) is 24.0 Å². The third kappa shape index (κ3) is 2.11. The first-order valence-electron chi connectivity index (χ1n) is 9.18. The highest BCUT2D eigenvalue weighted by molar-refractivity contribution is 5.93. The van der Waals surface area contributed by atoms with E-state index in [9.17, 15) is 23.1 Å². The van der Waals surface area contributed by atoms with Gasteiger partial charge in [-0.25, -0.2) is 0 Å². The Balaban J connectivity index is 1.84. The van der Waals surface area contributed by atoms with Gasteiger partial charge in [-0.3, -0.25) is 4.79 Å². The number of aliphatic hydroxyl groups is 1. The lowest BCUT2D eigenvalue weighted by atomic mass is 9.56. The summed E-state index contributed by atoms with van der Waals surface area (Å²) in [6.07, 6.45) is 3.74. The quantitative estimate of drug-likeness (QED) is 0.746. The van der Waals surface area contributed by atoms with Crippen molar-refractivity contribution in [3.05, 3.63) is 34.9 Å². The van der Waals surface area contributed by atoms with Crippen LogP contribution in [-0.4, -0.2) is 22.7 Å². The molecule has 1 unspecified atom stereocenters. The fourth-order valence-corrected chi connectivity index (χ4v) is 5.95. The van der Waals surface area contributed by atoms with Gasteiger partial charge in [-0.2, -0.15) is 13.2 Å². The molecular weight excluding hydrogens is 329 g/mol. The van der Waals surface area contributed by atoms with Crippen molar-refractivity contribution in [3.8, 4) is 0 Å². The summed E-state index contributed by atoms with van der Waals surface area (Å²) in [4.78, 5) is 11.7. The Labute approximate surface area is 145 Å². The van der Waals surface area contributed by atoms with Gasteiger partial charge >= 0.3 is 6.18 Å². The summed E-state index contributed by atoms with van der Waals surface area (Å²) in [6.45, 7) is 1.75. The second-order valence-electron chi connectivity index (χ2n) is 7.95. The van der Waals surface area contributed by atoms with Crippen LogP contribution in [0.1, 0.15) is 51.9 Å². The van der Waals surface area contributed by atoms with Crippen LogP contribution in [0.5, 0.6) is 0 Å². The van der Waals surface area contributed by atoms with Gasteiger partial charge in [0.05, 0.1) is 0 Å². The smallest absolute Gasteiger partial charge is 0.380 e. The number of hydrogen-bond acceptors (Lipinski definition) is 2. The number of alkyl halides is 3. The zero-order valence-electron chi connectivity index (χ0n) is 14.3. The molecule has 1 saturated carbocycles. The zero-order chi connectivity index (χ0) is 18.0. The van der Waals surface area contributed by atoms with Crippen molar-refractivity contribution in [2.75, 3.05) is 0 Å². The molecule has 0 aromatic carbocycles. The Kier molecular flexibility index (Phi) is 3.63. The van der Waals surface area contributed by atoms with Gasteiger partial charge in [0.15, 0.2) is 11.4 Å². The molecule has 0 radical (unpaired) electrons. The van der Waals surface area contributed by atoms with Crippen LogP contribution < -0.4 is 0 Å². The number of carbonyl (C=O) groups is 1. The van der Waals surface area contributed by atoms with Crippen molar-refractivity contribution in [1.29, 1.82) is 0 Å². The molecule has 0 saturated heterocycles. The van der Waals surface area contributed by atoms with Gasteiger partial charge in [-0.1, -0.05) is 19.1 Å².